The van der Waals surface area contributed by atoms with Gasteiger partial charge < -0.3 is 9.53 Å². The van der Waals surface area contributed by atoms with E-state index in [1.54, 1.807) is 0 Å². The maximum absolute atomic E-state index is 11.1. The molecule has 0 saturated carbocycles. The van der Waals surface area contributed by atoms with Crippen LogP contribution in [0.5, 0.6) is 5.75 Å². The lowest BCUT2D eigenvalue weighted by Crippen LogP contribution is -2.43. The third-order valence-electron chi connectivity index (χ3n) is 8.48. The Balaban J connectivity index is 1.83. The predicted molar refractivity (Wildman–Crippen MR) is 129 cm³/mol. The largest absolute Gasteiger partial charge is 0.543 e. The molecule has 4 rings (SSSR count). The number of benzene rings is 1. The fourth-order valence-corrected chi connectivity index (χ4v) is 6.40. The van der Waals surface area contributed by atoms with Gasteiger partial charge in [0, 0.05) is 5.92 Å². The Morgan fingerprint density at radius 1 is 1.17 bits per heavy atom. The zero-order valence-electron chi connectivity index (χ0n) is 20.3. The molecule has 0 amide bonds. The van der Waals surface area contributed by atoms with E-state index in [9.17, 15) is 5.11 Å². The highest BCUT2D eigenvalue weighted by Crippen LogP contribution is 2.54. The average molecular weight is 425 g/mol. The Morgan fingerprint density at radius 3 is 2.53 bits per heavy atom. The molecule has 0 saturated heterocycles. The van der Waals surface area contributed by atoms with Crippen molar-refractivity contribution in [3.63, 3.8) is 0 Å². The molecule has 164 valence electrons. The molecule has 3 aliphatic carbocycles. The molecule has 0 aromatic heterocycles. The summed E-state index contributed by atoms with van der Waals surface area (Å²) in [5, 5.41) is 11.2. The van der Waals surface area contributed by atoms with E-state index >= 15 is 0 Å². The van der Waals surface area contributed by atoms with Gasteiger partial charge >= 0.3 is 0 Å². The minimum absolute atomic E-state index is 0.175. The first kappa shape index (κ1) is 21.9. The molecule has 0 unspecified atom stereocenters. The lowest BCUT2D eigenvalue weighted by atomic mass is 9.69. The van der Waals surface area contributed by atoms with Gasteiger partial charge in [-0.05, 0) is 90.1 Å². The number of aliphatic hydroxyl groups is 1. The zero-order valence-corrected chi connectivity index (χ0v) is 21.3. The Morgan fingerprint density at radius 2 is 1.87 bits per heavy atom. The molecular weight excluding hydrogens is 384 g/mol. The van der Waals surface area contributed by atoms with Crippen LogP contribution >= 0.6 is 0 Å². The van der Waals surface area contributed by atoms with E-state index < -0.39 is 8.32 Å². The summed E-state index contributed by atoms with van der Waals surface area (Å²) in [6.45, 7) is 18.5. The van der Waals surface area contributed by atoms with Crippen LogP contribution in [0.4, 0.5) is 0 Å². The van der Waals surface area contributed by atoms with Gasteiger partial charge in [0.05, 0.1) is 6.10 Å². The van der Waals surface area contributed by atoms with Crippen molar-refractivity contribution in [1.82, 2.24) is 0 Å². The normalized spacial score (nSPS) is 26.2. The fraction of sp³-hybridized carbons (Fsp3) is 0.630. The SMILES string of the molecule is C[C@H]1C2=C(C3=C(C[C@@H]1O)C(C)(C)CCC3)c1cc(O[Si](C)(C)C(C)(C)C)ccc1C2. The van der Waals surface area contributed by atoms with Gasteiger partial charge in [-0.3, -0.25) is 0 Å². The van der Waals surface area contributed by atoms with Gasteiger partial charge in [-0.2, -0.15) is 0 Å². The van der Waals surface area contributed by atoms with E-state index in [2.05, 4.69) is 72.8 Å². The van der Waals surface area contributed by atoms with Crippen LogP contribution in [0.1, 0.15) is 78.4 Å². The standard InChI is InChI=1S/C27H40O2Si/c1-17-21-14-18-11-12-19(29-30(7,8)26(2,3)4)15-22(18)25(21)20-10-9-13-27(5,6)23(20)16-24(17)28/h11-12,15,17,24,28H,9-10,13-14,16H2,1-8H3/t17-,24-/m0/s1. The highest BCUT2D eigenvalue weighted by atomic mass is 28.4. The van der Waals surface area contributed by atoms with Crippen molar-refractivity contribution in [3.05, 3.63) is 46.0 Å². The van der Waals surface area contributed by atoms with E-state index in [0.717, 1.165) is 25.0 Å². The van der Waals surface area contributed by atoms with E-state index in [1.807, 2.05) is 0 Å². The molecule has 0 radical (unpaired) electrons. The van der Waals surface area contributed by atoms with Gasteiger partial charge in [-0.1, -0.05) is 58.8 Å². The molecule has 0 heterocycles. The monoisotopic (exact) mass is 424 g/mol. The molecule has 1 N–H and O–H groups in total. The maximum atomic E-state index is 11.1. The Hall–Kier alpha value is -1.32. The smallest absolute Gasteiger partial charge is 0.250 e. The molecule has 0 spiro atoms. The van der Waals surface area contributed by atoms with Crippen LogP contribution in [0, 0.1) is 11.3 Å². The first-order chi connectivity index (χ1) is 13.8. The summed E-state index contributed by atoms with van der Waals surface area (Å²) >= 11 is 0. The van der Waals surface area contributed by atoms with Crippen LogP contribution in [0.2, 0.25) is 18.1 Å². The van der Waals surface area contributed by atoms with E-state index in [1.165, 1.54) is 46.3 Å². The molecular formula is C27H40O2Si. The third-order valence-corrected chi connectivity index (χ3v) is 12.8. The van der Waals surface area contributed by atoms with E-state index in [-0.39, 0.29) is 22.5 Å². The number of rotatable bonds is 2. The number of aliphatic hydroxyl groups excluding tert-OH is 1. The quantitative estimate of drug-likeness (QED) is 0.505. The van der Waals surface area contributed by atoms with Gasteiger partial charge in [0.15, 0.2) is 0 Å². The summed E-state index contributed by atoms with van der Waals surface area (Å²) in [6, 6.07) is 6.77. The van der Waals surface area contributed by atoms with Gasteiger partial charge in [-0.15, -0.1) is 0 Å². The first-order valence-corrected chi connectivity index (χ1v) is 14.7. The van der Waals surface area contributed by atoms with Crippen molar-refractivity contribution in [3.8, 4) is 5.75 Å². The van der Waals surface area contributed by atoms with Crippen LogP contribution in [0.25, 0.3) is 5.57 Å². The second-order valence-corrected chi connectivity index (χ2v) is 16.7. The second kappa shape index (κ2) is 7.10. The molecule has 0 bridgehead atoms. The molecule has 2 nitrogen and oxygen atoms in total. The summed E-state index contributed by atoms with van der Waals surface area (Å²) in [5.74, 6) is 1.22. The van der Waals surface area contributed by atoms with Crippen molar-refractivity contribution < 1.29 is 9.53 Å². The number of hydrogen-bond donors (Lipinski definition) is 1. The van der Waals surface area contributed by atoms with Crippen LogP contribution in [0.3, 0.4) is 0 Å². The highest BCUT2D eigenvalue weighted by Gasteiger charge is 2.42. The zero-order chi connectivity index (χ0) is 22.1. The summed E-state index contributed by atoms with van der Waals surface area (Å²) in [6.07, 6.45) is 5.12. The van der Waals surface area contributed by atoms with Crippen molar-refractivity contribution in [2.24, 2.45) is 11.3 Å². The van der Waals surface area contributed by atoms with E-state index in [0.29, 0.717) is 0 Å². The number of fused-ring (bicyclic) bond motifs is 3. The van der Waals surface area contributed by atoms with Crippen LogP contribution < -0.4 is 4.43 Å². The van der Waals surface area contributed by atoms with Gasteiger partial charge in [-0.25, -0.2) is 0 Å². The minimum Gasteiger partial charge on any atom is -0.543 e. The topological polar surface area (TPSA) is 29.5 Å². The van der Waals surface area contributed by atoms with Crippen molar-refractivity contribution >= 4 is 13.9 Å². The molecule has 30 heavy (non-hydrogen) atoms. The fourth-order valence-electron chi connectivity index (χ4n) is 5.38. The lowest BCUT2D eigenvalue weighted by Gasteiger charge is -2.37. The average Bonchev–Trinajstić information content (AvgIpc) is 2.94. The maximum Gasteiger partial charge on any atom is 0.250 e. The molecule has 3 heteroatoms. The van der Waals surface area contributed by atoms with Crippen LogP contribution in [-0.2, 0) is 6.42 Å². The molecule has 0 fully saturated rings. The minimum atomic E-state index is -1.88. The summed E-state index contributed by atoms with van der Waals surface area (Å²) in [5.41, 5.74) is 8.89. The van der Waals surface area contributed by atoms with Crippen molar-refractivity contribution in [2.45, 2.75) is 97.9 Å². The number of allylic oxidation sites excluding steroid dienone is 2. The summed E-state index contributed by atoms with van der Waals surface area (Å²) < 4.78 is 6.68. The Labute approximate surface area is 184 Å². The Kier molecular flexibility index (Phi) is 5.18. The Bertz CT molecular complexity index is 927. The summed E-state index contributed by atoms with van der Waals surface area (Å²) in [7, 11) is -1.88. The molecule has 2 atom stereocenters. The van der Waals surface area contributed by atoms with Crippen LogP contribution in [-0.4, -0.2) is 19.5 Å². The van der Waals surface area contributed by atoms with Crippen LogP contribution in [0.15, 0.2) is 34.9 Å². The predicted octanol–water partition coefficient (Wildman–Crippen LogP) is 7.29. The van der Waals surface area contributed by atoms with Crippen molar-refractivity contribution in [1.29, 1.82) is 0 Å². The number of hydrogen-bond acceptors (Lipinski definition) is 2. The third kappa shape index (κ3) is 3.52. The van der Waals surface area contributed by atoms with E-state index in [4.69, 9.17) is 4.43 Å². The summed E-state index contributed by atoms with van der Waals surface area (Å²) in [4.78, 5) is 0. The molecule has 3 aliphatic rings. The first-order valence-electron chi connectivity index (χ1n) is 11.8. The van der Waals surface area contributed by atoms with Gasteiger partial charge in [0.2, 0.25) is 8.32 Å². The van der Waals surface area contributed by atoms with Crippen molar-refractivity contribution in [2.75, 3.05) is 0 Å². The lowest BCUT2D eigenvalue weighted by molar-refractivity contribution is 0.125. The molecule has 1 aromatic carbocycles. The van der Waals surface area contributed by atoms with Gasteiger partial charge in [0.1, 0.15) is 5.75 Å². The molecule has 0 aliphatic heterocycles. The van der Waals surface area contributed by atoms with Gasteiger partial charge in [0.25, 0.3) is 0 Å². The molecule has 1 aromatic rings. The highest BCUT2D eigenvalue weighted by molar-refractivity contribution is 6.74. The second-order valence-electron chi connectivity index (χ2n) is 12.0.